The number of nitrogens with one attached hydrogen (secondary N) is 1. The normalized spacial score (nSPS) is 29.1. The van der Waals surface area contributed by atoms with Gasteiger partial charge < -0.3 is 5.32 Å². The first-order valence-corrected chi connectivity index (χ1v) is 5.66. The highest BCUT2D eigenvalue weighted by Crippen LogP contribution is 2.30. The van der Waals surface area contributed by atoms with Crippen LogP contribution in [0.2, 0.25) is 0 Å². The minimum absolute atomic E-state index is 0. The highest BCUT2D eigenvalue weighted by Gasteiger charge is 2.19. The van der Waals surface area contributed by atoms with E-state index >= 15 is 0 Å². The highest BCUT2D eigenvalue weighted by atomic mass is 35.5. The molecule has 0 aromatic heterocycles. The fourth-order valence-electron chi connectivity index (χ4n) is 2.73. The summed E-state index contributed by atoms with van der Waals surface area (Å²) in [5, 5.41) is 3.45. The Bertz CT molecular complexity index is 110. The first-order chi connectivity index (χ1) is 5.95. The molecular weight excluding hydrogens is 182 g/mol. The zero-order valence-corrected chi connectivity index (χ0v) is 9.24. The number of hydrogen-bond donors (Lipinski definition) is 1. The molecule has 13 heavy (non-hydrogen) atoms. The van der Waals surface area contributed by atoms with Crippen molar-refractivity contribution in [1.82, 2.24) is 5.32 Å². The van der Waals surface area contributed by atoms with Gasteiger partial charge in [-0.3, -0.25) is 0 Å². The minimum Gasteiger partial charge on any atom is -0.316 e. The van der Waals surface area contributed by atoms with Crippen LogP contribution in [-0.4, -0.2) is 13.1 Å². The fraction of sp³-hybridized carbons (Fsp3) is 1.00. The average molecular weight is 204 g/mol. The molecule has 1 saturated carbocycles. The van der Waals surface area contributed by atoms with Crippen molar-refractivity contribution in [3.63, 3.8) is 0 Å². The van der Waals surface area contributed by atoms with E-state index in [0.717, 1.165) is 11.8 Å². The Balaban J connectivity index is 0.000000845. The Morgan fingerprint density at radius 3 is 2.23 bits per heavy atom. The van der Waals surface area contributed by atoms with E-state index in [1.54, 1.807) is 0 Å². The summed E-state index contributed by atoms with van der Waals surface area (Å²) in [7, 11) is 0. The van der Waals surface area contributed by atoms with Crippen LogP contribution in [-0.2, 0) is 0 Å². The van der Waals surface area contributed by atoms with E-state index in [1.807, 2.05) is 0 Å². The van der Waals surface area contributed by atoms with Gasteiger partial charge in [0.25, 0.3) is 0 Å². The van der Waals surface area contributed by atoms with Crippen molar-refractivity contribution in [3.8, 4) is 0 Å². The molecule has 0 bridgehead atoms. The Kier molecular flexibility index (Phi) is 5.12. The monoisotopic (exact) mass is 203 g/mol. The minimum atomic E-state index is 0. The summed E-state index contributed by atoms with van der Waals surface area (Å²) in [5.41, 5.74) is 0. The van der Waals surface area contributed by atoms with Gasteiger partial charge in [0, 0.05) is 0 Å². The van der Waals surface area contributed by atoms with E-state index in [1.165, 1.54) is 58.0 Å². The van der Waals surface area contributed by atoms with E-state index in [4.69, 9.17) is 0 Å². The van der Waals surface area contributed by atoms with Gasteiger partial charge in [-0.1, -0.05) is 32.1 Å². The quantitative estimate of drug-likeness (QED) is 0.744. The molecule has 1 saturated heterocycles. The lowest BCUT2D eigenvalue weighted by atomic mass is 9.94. The molecule has 2 aliphatic rings. The third kappa shape index (κ3) is 3.47. The van der Waals surface area contributed by atoms with Gasteiger partial charge in [-0.05, 0) is 37.8 Å². The van der Waals surface area contributed by atoms with Gasteiger partial charge in [-0.25, -0.2) is 0 Å². The molecule has 0 amide bonds. The van der Waals surface area contributed by atoms with Crippen LogP contribution < -0.4 is 5.32 Å². The van der Waals surface area contributed by atoms with Gasteiger partial charge in [0.15, 0.2) is 0 Å². The molecule has 1 N–H and O–H groups in total. The second-order valence-corrected chi connectivity index (χ2v) is 4.59. The van der Waals surface area contributed by atoms with Crippen LogP contribution in [0.3, 0.4) is 0 Å². The van der Waals surface area contributed by atoms with Crippen LogP contribution in [0.25, 0.3) is 0 Å². The third-order valence-corrected chi connectivity index (χ3v) is 3.62. The summed E-state index contributed by atoms with van der Waals surface area (Å²) in [6.45, 7) is 2.57. The molecule has 2 fully saturated rings. The number of hydrogen-bond acceptors (Lipinski definition) is 1. The zero-order valence-electron chi connectivity index (χ0n) is 8.43. The largest absolute Gasteiger partial charge is 0.316 e. The Morgan fingerprint density at radius 2 is 1.62 bits per heavy atom. The molecule has 78 valence electrons. The lowest BCUT2D eigenvalue weighted by Gasteiger charge is -2.12. The topological polar surface area (TPSA) is 12.0 Å². The Morgan fingerprint density at radius 1 is 0.923 bits per heavy atom. The predicted molar refractivity (Wildman–Crippen MR) is 59.4 cm³/mol. The van der Waals surface area contributed by atoms with E-state index in [-0.39, 0.29) is 12.4 Å². The first kappa shape index (κ1) is 11.3. The molecule has 1 heterocycles. The van der Waals surface area contributed by atoms with Crippen LogP contribution >= 0.6 is 12.4 Å². The van der Waals surface area contributed by atoms with E-state index < -0.39 is 0 Å². The average Bonchev–Trinajstić information content (AvgIpc) is 2.74. The molecule has 0 radical (unpaired) electrons. The molecule has 0 aromatic rings. The van der Waals surface area contributed by atoms with Crippen LogP contribution in [0.15, 0.2) is 0 Å². The molecule has 2 heteroatoms. The molecule has 0 spiro atoms. The lowest BCUT2D eigenvalue weighted by molar-refractivity contribution is 0.415. The second kappa shape index (κ2) is 5.87. The summed E-state index contributed by atoms with van der Waals surface area (Å²) in [5.74, 6) is 2.12. The zero-order chi connectivity index (χ0) is 8.23. The summed E-state index contributed by atoms with van der Waals surface area (Å²) >= 11 is 0. The predicted octanol–water partition coefficient (Wildman–Crippen LogP) is 2.99. The number of rotatable bonds is 3. The van der Waals surface area contributed by atoms with Crippen LogP contribution in [0, 0.1) is 11.8 Å². The molecular formula is C11H22ClN. The summed E-state index contributed by atoms with van der Waals surface area (Å²) < 4.78 is 0. The SMILES string of the molecule is C1CCC(CCC2CCNC2)C1.Cl. The van der Waals surface area contributed by atoms with Gasteiger partial charge in [0.05, 0.1) is 0 Å². The van der Waals surface area contributed by atoms with Crippen LogP contribution in [0.5, 0.6) is 0 Å². The second-order valence-electron chi connectivity index (χ2n) is 4.59. The van der Waals surface area contributed by atoms with Crippen molar-refractivity contribution in [2.45, 2.75) is 44.9 Å². The molecule has 1 atom stereocenters. The molecule has 0 aromatic carbocycles. The standard InChI is InChI=1S/C11H21N.ClH/c1-2-4-10(3-1)5-6-11-7-8-12-9-11;/h10-12H,1-9H2;1H. The van der Waals surface area contributed by atoms with Crippen molar-refractivity contribution in [2.75, 3.05) is 13.1 Å². The first-order valence-electron chi connectivity index (χ1n) is 5.66. The lowest BCUT2D eigenvalue weighted by Crippen LogP contribution is -2.09. The van der Waals surface area contributed by atoms with E-state index in [2.05, 4.69) is 5.32 Å². The molecule has 1 aliphatic carbocycles. The fourth-order valence-corrected chi connectivity index (χ4v) is 2.73. The van der Waals surface area contributed by atoms with Crippen LogP contribution in [0.4, 0.5) is 0 Å². The molecule has 1 aliphatic heterocycles. The van der Waals surface area contributed by atoms with Gasteiger partial charge in [-0.15, -0.1) is 12.4 Å². The summed E-state index contributed by atoms with van der Waals surface area (Å²) in [6, 6.07) is 0. The maximum Gasteiger partial charge on any atom is -0.00200 e. The highest BCUT2D eigenvalue weighted by molar-refractivity contribution is 5.85. The smallest absolute Gasteiger partial charge is 0.00200 e. The molecule has 2 rings (SSSR count). The van der Waals surface area contributed by atoms with Gasteiger partial charge in [0.2, 0.25) is 0 Å². The van der Waals surface area contributed by atoms with E-state index in [9.17, 15) is 0 Å². The van der Waals surface area contributed by atoms with Crippen molar-refractivity contribution < 1.29 is 0 Å². The van der Waals surface area contributed by atoms with Gasteiger partial charge in [-0.2, -0.15) is 0 Å². The van der Waals surface area contributed by atoms with Gasteiger partial charge >= 0.3 is 0 Å². The van der Waals surface area contributed by atoms with Gasteiger partial charge in [0.1, 0.15) is 0 Å². The van der Waals surface area contributed by atoms with Crippen molar-refractivity contribution >= 4 is 12.4 Å². The van der Waals surface area contributed by atoms with Crippen molar-refractivity contribution in [1.29, 1.82) is 0 Å². The Hall–Kier alpha value is 0.250. The van der Waals surface area contributed by atoms with Crippen LogP contribution in [0.1, 0.15) is 44.9 Å². The Labute approximate surface area is 88.1 Å². The maximum absolute atomic E-state index is 3.45. The van der Waals surface area contributed by atoms with Crippen molar-refractivity contribution in [3.05, 3.63) is 0 Å². The van der Waals surface area contributed by atoms with Crippen molar-refractivity contribution in [2.24, 2.45) is 11.8 Å². The van der Waals surface area contributed by atoms with E-state index in [0.29, 0.717) is 0 Å². The third-order valence-electron chi connectivity index (χ3n) is 3.62. The summed E-state index contributed by atoms with van der Waals surface area (Å²) in [4.78, 5) is 0. The molecule has 1 nitrogen and oxygen atoms in total. The summed E-state index contributed by atoms with van der Waals surface area (Å²) in [6.07, 6.45) is 10.5. The maximum atomic E-state index is 3.45. The number of halogens is 1. The molecule has 1 unspecified atom stereocenters.